The Morgan fingerprint density at radius 3 is 3.15 bits per heavy atom. The molecule has 0 bridgehead atoms. The highest BCUT2D eigenvalue weighted by atomic mass is 79.9. The summed E-state index contributed by atoms with van der Waals surface area (Å²) in [5.74, 6) is 0.113. The van der Waals surface area contributed by atoms with Crippen LogP contribution in [-0.4, -0.2) is 20.7 Å². The van der Waals surface area contributed by atoms with Gasteiger partial charge in [-0.25, -0.2) is 9.31 Å². The fourth-order valence-electron chi connectivity index (χ4n) is 0.951. The fourth-order valence-corrected chi connectivity index (χ4v) is 1.37. The molecule has 13 heavy (non-hydrogen) atoms. The monoisotopic (exact) mass is 238 g/mol. The number of hydrogen-bond donors (Lipinski definition) is 0. The number of nitrogens with zero attached hydrogens (tertiary/aromatic N) is 4. The first-order valence-electron chi connectivity index (χ1n) is 3.40. The van der Waals surface area contributed by atoms with Gasteiger partial charge in [-0.15, -0.1) is 10.1 Å². The maximum atomic E-state index is 9.94. The van der Waals surface area contributed by atoms with E-state index in [0.717, 1.165) is 4.47 Å². The second-order valence-corrected chi connectivity index (χ2v) is 3.09. The van der Waals surface area contributed by atoms with Crippen LogP contribution >= 0.6 is 15.9 Å². The van der Waals surface area contributed by atoms with Gasteiger partial charge in [0.2, 0.25) is 6.08 Å². The van der Waals surface area contributed by atoms with Crippen LogP contribution in [0.25, 0.3) is 5.65 Å². The predicted molar refractivity (Wildman–Crippen MR) is 48.5 cm³/mol. The Morgan fingerprint density at radius 2 is 2.46 bits per heavy atom. The van der Waals surface area contributed by atoms with Gasteiger partial charge in [-0.3, -0.25) is 0 Å². The Bertz CT molecular complexity index is 500. The molecule has 0 saturated heterocycles. The topological polar surface area (TPSA) is 59.6 Å². The summed E-state index contributed by atoms with van der Waals surface area (Å²) in [6.45, 7) is 0. The molecular formula is C7H3BrN4O. The third-order valence-corrected chi connectivity index (χ3v) is 2.07. The van der Waals surface area contributed by atoms with Gasteiger partial charge in [0.05, 0.1) is 4.47 Å². The van der Waals surface area contributed by atoms with E-state index in [1.54, 1.807) is 12.3 Å². The van der Waals surface area contributed by atoms with E-state index in [9.17, 15) is 4.79 Å². The van der Waals surface area contributed by atoms with Crippen molar-refractivity contribution in [2.75, 3.05) is 0 Å². The second kappa shape index (κ2) is 3.08. The van der Waals surface area contributed by atoms with Crippen molar-refractivity contribution in [2.45, 2.75) is 0 Å². The minimum atomic E-state index is 0.113. The molecule has 0 atom stereocenters. The SMILES string of the molecule is O=C=Nc1nc2c(Br)cccn2n1. The van der Waals surface area contributed by atoms with Crippen LogP contribution in [0.5, 0.6) is 0 Å². The maximum absolute atomic E-state index is 9.94. The van der Waals surface area contributed by atoms with Crippen molar-refractivity contribution in [3.8, 4) is 0 Å². The van der Waals surface area contributed by atoms with E-state index in [2.05, 4.69) is 31.0 Å². The minimum absolute atomic E-state index is 0.113. The zero-order chi connectivity index (χ0) is 9.26. The first-order valence-corrected chi connectivity index (χ1v) is 4.19. The normalized spacial score (nSPS) is 9.92. The first-order chi connectivity index (χ1) is 6.31. The summed E-state index contributed by atoms with van der Waals surface area (Å²) in [6.07, 6.45) is 3.10. The smallest absolute Gasteiger partial charge is 0.218 e. The molecule has 0 fully saturated rings. The van der Waals surface area contributed by atoms with E-state index >= 15 is 0 Å². The number of pyridine rings is 1. The quantitative estimate of drug-likeness (QED) is 0.559. The lowest BCUT2D eigenvalue weighted by Crippen LogP contribution is -1.85. The van der Waals surface area contributed by atoms with Crippen LogP contribution in [0.1, 0.15) is 0 Å². The molecule has 2 heterocycles. The highest BCUT2D eigenvalue weighted by molar-refractivity contribution is 9.10. The van der Waals surface area contributed by atoms with Crippen LogP contribution in [0.3, 0.4) is 0 Å². The van der Waals surface area contributed by atoms with Gasteiger partial charge in [0.1, 0.15) is 0 Å². The van der Waals surface area contributed by atoms with Gasteiger partial charge in [-0.1, -0.05) is 0 Å². The van der Waals surface area contributed by atoms with Crippen LogP contribution in [0.2, 0.25) is 0 Å². The molecule has 2 aromatic rings. The van der Waals surface area contributed by atoms with Crippen molar-refractivity contribution < 1.29 is 4.79 Å². The van der Waals surface area contributed by atoms with E-state index < -0.39 is 0 Å². The van der Waals surface area contributed by atoms with Crippen LogP contribution in [0, 0.1) is 0 Å². The van der Waals surface area contributed by atoms with Gasteiger partial charge in [0.25, 0.3) is 5.95 Å². The van der Waals surface area contributed by atoms with E-state index in [4.69, 9.17) is 0 Å². The van der Waals surface area contributed by atoms with Crippen LogP contribution in [0.4, 0.5) is 5.95 Å². The minimum Gasteiger partial charge on any atom is -0.218 e. The van der Waals surface area contributed by atoms with E-state index in [1.165, 1.54) is 10.6 Å². The third kappa shape index (κ3) is 1.37. The third-order valence-electron chi connectivity index (χ3n) is 1.45. The Balaban J connectivity index is 2.75. The number of rotatable bonds is 1. The number of halogens is 1. The molecule has 0 radical (unpaired) electrons. The molecular weight excluding hydrogens is 236 g/mol. The molecule has 0 spiro atoms. The fraction of sp³-hybridized carbons (Fsp3) is 0. The molecule has 0 aliphatic heterocycles. The van der Waals surface area contributed by atoms with Gasteiger partial charge in [-0.2, -0.15) is 4.98 Å². The molecule has 0 aromatic carbocycles. The predicted octanol–water partition coefficient (Wildman–Crippen LogP) is 1.46. The van der Waals surface area contributed by atoms with Crippen molar-refractivity contribution in [1.29, 1.82) is 0 Å². The summed E-state index contributed by atoms with van der Waals surface area (Å²) in [7, 11) is 0. The lowest BCUT2D eigenvalue weighted by molar-refractivity contribution is 0.565. The molecule has 0 unspecified atom stereocenters. The average Bonchev–Trinajstić information content (AvgIpc) is 2.49. The largest absolute Gasteiger partial charge is 0.280 e. The Labute approximate surface area is 81.2 Å². The number of hydrogen-bond acceptors (Lipinski definition) is 4. The number of fused-ring (bicyclic) bond motifs is 1. The van der Waals surface area contributed by atoms with E-state index in [0.29, 0.717) is 5.65 Å². The lowest BCUT2D eigenvalue weighted by atomic mass is 10.5. The summed E-state index contributed by atoms with van der Waals surface area (Å²) in [4.78, 5) is 17.2. The van der Waals surface area contributed by atoms with Crippen molar-refractivity contribution >= 4 is 33.6 Å². The molecule has 64 valence electrons. The Hall–Kier alpha value is -1.52. The second-order valence-electron chi connectivity index (χ2n) is 2.24. The molecule has 6 heteroatoms. The number of carbonyl (C=O) groups excluding carboxylic acids is 1. The lowest BCUT2D eigenvalue weighted by Gasteiger charge is -1.90. The average molecular weight is 239 g/mol. The molecule has 2 aromatic heterocycles. The number of isocyanates is 1. The van der Waals surface area contributed by atoms with Crippen LogP contribution in [0.15, 0.2) is 27.8 Å². The van der Waals surface area contributed by atoms with Gasteiger partial charge in [0, 0.05) is 6.20 Å². The number of aliphatic imine (C=N–C) groups is 1. The van der Waals surface area contributed by atoms with Crippen LogP contribution in [-0.2, 0) is 4.79 Å². The molecule has 2 rings (SSSR count). The zero-order valence-electron chi connectivity index (χ0n) is 6.31. The summed E-state index contributed by atoms with van der Waals surface area (Å²) in [5, 5.41) is 3.91. The van der Waals surface area contributed by atoms with Crippen molar-refractivity contribution in [2.24, 2.45) is 4.99 Å². The Kier molecular flexibility index (Phi) is 1.92. The van der Waals surface area contributed by atoms with Crippen molar-refractivity contribution in [3.63, 3.8) is 0 Å². The molecule has 0 N–H and O–H groups in total. The van der Waals surface area contributed by atoms with E-state index in [-0.39, 0.29) is 5.95 Å². The summed E-state index contributed by atoms with van der Waals surface area (Å²) in [6, 6.07) is 3.64. The highest BCUT2D eigenvalue weighted by Crippen LogP contribution is 2.17. The first kappa shape index (κ1) is 8.10. The van der Waals surface area contributed by atoms with Gasteiger partial charge >= 0.3 is 0 Å². The molecule has 5 nitrogen and oxygen atoms in total. The summed E-state index contributed by atoms with van der Waals surface area (Å²) >= 11 is 3.30. The Morgan fingerprint density at radius 1 is 1.62 bits per heavy atom. The number of aromatic nitrogens is 3. The van der Waals surface area contributed by atoms with Gasteiger partial charge < -0.3 is 0 Å². The molecule has 0 aliphatic carbocycles. The highest BCUT2D eigenvalue weighted by Gasteiger charge is 2.03. The van der Waals surface area contributed by atoms with Gasteiger partial charge in [-0.05, 0) is 28.1 Å². The molecule has 0 aliphatic rings. The zero-order valence-corrected chi connectivity index (χ0v) is 7.89. The standard InChI is InChI=1S/C7H3BrN4O/c8-5-2-1-3-12-6(5)10-7(11-12)9-4-13/h1-3H. The van der Waals surface area contributed by atoms with E-state index in [1.807, 2.05) is 6.07 Å². The summed E-state index contributed by atoms with van der Waals surface area (Å²) in [5.41, 5.74) is 0.622. The maximum Gasteiger partial charge on any atom is 0.280 e. The van der Waals surface area contributed by atoms with Crippen LogP contribution < -0.4 is 0 Å². The van der Waals surface area contributed by atoms with Gasteiger partial charge in [0.15, 0.2) is 5.65 Å². The summed E-state index contributed by atoms with van der Waals surface area (Å²) < 4.78 is 2.33. The molecule has 0 amide bonds. The van der Waals surface area contributed by atoms with Crippen molar-refractivity contribution in [3.05, 3.63) is 22.8 Å². The van der Waals surface area contributed by atoms with Crippen molar-refractivity contribution in [1.82, 2.24) is 14.6 Å². The molecule has 0 saturated carbocycles.